The maximum absolute atomic E-state index is 12.1. The highest BCUT2D eigenvalue weighted by Crippen LogP contribution is 2.34. The van der Waals surface area contributed by atoms with Gasteiger partial charge in [-0.05, 0) is 12.5 Å². The van der Waals surface area contributed by atoms with Gasteiger partial charge in [0.2, 0.25) is 0 Å². The molecule has 2 aliphatic rings. The molecule has 0 unspecified atom stereocenters. The van der Waals surface area contributed by atoms with Crippen LogP contribution in [0.15, 0.2) is 5.11 Å². The van der Waals surface area contributed by atoms with Crippen molar-refractivity contribution in [1.82, 2.24) is 10.2 Å². The van der Waals surface area contributed by atoms with Crippen molar-refractivity contribution in [3.8, 4) is 0 Å². The monoisotopic (exact) mass is 333 g/mol. The highest BCUT2D eigenvalue weighted by Gasteiger charge is 2.54. The van der Waals surface area contributed by atoms with Gasteiger partial charge in [-0.3, -0.25) is 15.0 Å². The number of urea groups is 1. The summed E-state index contributed by atoms with van der Waals surface area (Å²) in [6.45, 7) is 1.05. The predicted octanol–water partition coefficient (Wildman–Crippen LogP) is 0.294. The lowest BCUT2D eigenvalue weighted by Crippen LogP contribution is -2.69. The lowest BCUT2D eigenvalue weighted by molar-refractivity contribution is -0.154. The van der Waals surface area contributed by atoms with E-state index in [-0.39, 0.29) is 13.0 Å². The van der Waals surface area contributed by atoms with Crippen LogP contribution in [0.5, 0.6) is 0 Å². The van der Waals surface area contributed by atoms with Crippen LogP contribution in [0.4, 0.5) is 4.79 Å². The van der Waals surface area contributed by atoms with Gasteiger partial charge in [0, 0.05) is 18.4 Å². The number of imide groups is 1. The Bertz CT molecular complexity index is 523. The zero-order valence-electron chi connectivity index (χ0n) is 12.0. The minimum absolute atomic E-state index is 0.156. The van der Waals surface area contributed by atoms with Gasteiger partial charge in [0.05, 0.1) is 18.8 Å². The highest BCUT2D eigenvalue weighted by molar-refractivity contribution is 6.36. The van der Waals surface area contributed by atoms with Gasteiger partial charge in [-0.25, -0.2) is 4.79 Å². The standard InChI is InChI=1S/C11H16ClN5O5/c1-11(12)8(19)14-10(20)17(9(11)21-2)7-3-5(15-16-13)6(4-18)22-7/h5-7,9,18H,3-4H2,1-2H3,(H,14,19,20)/t5-,6+,7+,9+,11+/m0/s1. The van der Waals surface area contributed by atoms with E-state index in [9.17, 15) is 14.7 Å². The third-order valence-corrected chi connectivity index (χ3v) is 4.09. The van der Waals surface area contributed by atoms with Gasteiger partial charge >= 0.3 is 6.03 Å². The first-order valence-electron chi connectivity index (χ1n) is 6.52. The molecular formula is C11H16ClN5O5. The molecule has 2 heterocycles. The summed E-state index contributed by atoms with van der Waals surface area (Å²) in [4.78, 5) is 26.3. The topological polar surface area (TPSA) is 137 Å². The van der Waals surface area contributed by atoms with E-state index in [4.69, 9.17) is 26.6 Å². The first-order chi connectivity index (χ1) is 10.4. The molecule has 2 rings (SSSR count). The molecule has 11 heteroatoms. The van der Waals surface area contributed by atoms with Gasteiger partial charge in [0.15, 0.2) is 11.1 Å². The maximum atomic E-state index is 12.1. The summed E-state index contributed by atoms with van der Waals surface area (Å²) in [7, 11) is 1.31. The highest BCUT2D eigenvalue weighted by atomic mass is 35.5. The fraction of sp³-hybridized carbons (Fsp3) is 0.818. The molecule has 0 aromatic heterocycles. The van der Waals surface area contributed by atoms with Gasteiger partial charge in [-0.15, -0.1) is 11.6 Å². The molecule has 0 saturated carbocycles. The van der Waals surface area contributed by atoms with Crippen molar-refractivity contribution < 1.29 is 24.2 Å². The molecule has 3 amide bonds. The van der Waals surface area contributed by atoms with E-state index in [0.29, 0.717) is 0 Å². The number of methoxy groups -OCH3 is 1. The third-order valence-electron chi connectivity index (χ3n) is 3.73. The first kappa shape index (κ1) is 16.8. The van der Waals surface area contributed by atoms with Crippen molar-refractivity contribution in [2.75, 3.05) is 13.7 Å². The van der Waals surface area contributed by atoms with Crippen molar-refractivity contribution in [2.24, 2.45) is 5.11 Å². The number of hydrogen-bond acceptors (Lipinski definition) is 6. The quantitative estimate of drug-likeness (QED) is 0.330. The minimum atomic E-state index is -1.50. The van der Waals surface area contributed by atoms with Crippen molar-refractivity contribution in [3.63, 3.8) is 0 Å². The molecule has 0 bridgehead atoms. The fourth-order valence-electron chi connectivity index (χ4n) is 2.62. The van der Waals surface area contributed by atoms with Crippen LogP contribution >= 0.6 is 11.6 Å². The summed E-state index contributed by atoms with van der Waals surface area (Å²) < 4.78 is 10.7. The number of alkyl halides is 1. The predicted molar refractivity (Wildman–Crippen MR) is 73.7 cm³/mol. The minimum Gasteiger partial charge on any atom is -0.394 e. The number of halogens is 1. The number of hydrogen-bond donors (Lipinski definition) is 2. The Balaban J connectivity index is 2.28. The summed E-state index contributed by atoms with van der Waals surface area (Å²) >= 11 is 6.18. The van der Waals surface area contributed by atoms with Crippen LogP contribution in [0.25, 0.3) is 10.4 Å². The van der Waals surface area contributed by atoms with Crippen molar-refractivity contribution in [3.05, 3.63) is 10.4 Å². The van der Waals surface area contributed by atoms with Gasteiger partial charge in [0.25, 0.3) is 5.91 Å². The van der Waals surface area contributed by atoms with E-state index in [2.05, 4.69) is 15.3 Å². The number of ether oxygens (including phenoxy) is 2. The van der Waals surface area contributed by atoms with Crippen molar-refractivity contribution in [2.45, 2.75) is 42.8 Å². The Labute approximate surface area is 130 Å². The van der Waals surface area contributed by atoms with Gasteiger partial charge in [0.1, 0.15) is 6.23 Å². The number of nitrogens with one attached hydrogen (secondary N) is 1. The van der Waals surface area contributed by atoms with Crippen molar-refractivity contribution in [1.29, 1.82) is 0 Å². The summed E-state index contributed by atoms with van der Waals surface area (Å²) in [5.74, 6) is -0.675. The Morgan fingerprint density at radius 2 is 2.36 bits per heavy atom. The summed E-state index contributed by atoms with van der Waals surface area (Å²) in [5.41, 5.74) is 8.54. The fourth-order valence-corrected chi connectivity index (χ4v) is 2.86. The molecule has 2 saturated heterocycles. The Morgan fingerprint density at radius 3 is 2.91 bits per heavy atom. The average molecular weight is 334 g/mol. The average Bonchev–Trinajstić information content (AvgIpc) is 2.85. The number of aliphatic hydroxyl groups excluding tert-OH is 1. The molecule has 2 aliphatic heterocycles. The van der Waals surface area contributed by atoms with E-state index in [1.807, 2.05) is 0 Å². The lowest BCUT2D eigenvalue weighted by Gasteiger charge is -2.44. The largest absolute Gasteiger partial charge is 0.394 e. The first-order valence-corrected chi connectivity index (χ1v) is 6.90. The summed E-state index contributed by atoms with van der Waals surface area (Å²) in [6, 6.07) is -1.36. The van der Waals surface area contributed by atoms with E-state index in [0.717, 1.165) is 4.90 Å². The molecule has 0 radical (unpaired) electrons. The van der Waals surface area contributed by atoms with E-state index >= 15 is 0 Å². The smallest absolute Gasteiger partial charge is 0.328 e. The van der Waals surface area contributed by atoms with Crippen LogP contribution in [0.1, 0.15) is 13.3 Å². The Morgan fingerprint density at radius 1 is 1.68 bits per heavy atom. The van der Waals surface area contributed by atoms with Gasteiger partial charge in [-0.1, -0.05) is 5.11 Å². The second kappa shape index (κ2) is 6.27. The number of carbonyl (C=O) groups is 2. The molecule has 10 nitrogen and oxygen atoms in total. The summed E-state index contributed by atoms with van der Waals surface area (Å²) in [5, 5.41) is 14.9. The number of carbonyl (C=O) groups excluding carboxylic acids is 2. The molecule has 2 fully saturated rings. The third kappa shape index (κ3) is 2.71. The van der Waals surface area contributed by atoms with E-state index in [1.54, 1.807) is 0 Å². The lowest BCUT2D eigenvalue weighted by atomic mass is 10.0. The number of aliphatic hydroxyl groups is 1. The van der Waals surface area contributed by atoms with Crippen LogP contribution in [-0.4, -0.2) is 65.1 Å². The van der Waals surface area contributed by atoms with E-state index in [1.165, 1.54) is 14.0 Å². The molecule has 122 valence electrons. The number of rotatable bonds is 4. The Hall–Kier alpha value is -1.58. The van der Waals surface area contributed by atoms with Crippen LogP contribution < -0.4 is 5.32 Å². The Kier molecular flexibility index (Phi) is 4.78. The second-order valence-corrected chi connectivity index (χ2v) is 5.94. The molecule has 0 aromatic carbocycles. The van der Waals surface area contributed by atoms with Crippen molar-refractivity contribution >= 4 is 23.5 Å². The number of nitrogens with zero attached hydrogens (tertiary/aromatic N) is 4. The second-order valence-electron chi connectivity index (χ2n) is 5.15. The van der Waals surface area contributed by atoms with Crippen LogP contribution in [0, 0.1) is 0 Å². The zero-order chi connectivity index (χ0) is 16.5. The van der Waals surface area contributed by atoms with Crippen LogP contribution in [0.2, 0.25) is 0 Å². The van der Waals surface area contributed by atoms with E-state index < -0.39 is 41.4 Å². The number of amides is 3. The maximum Gasteiger partial charge on any atom is 0.328 e. The normalized spacial score (nSPS) is 38.6. The molecule has 0 aliphatic carbocycles. The zero-order valence-corrected chi connectivity index (χ0v) is 12.7. The molecule has 0 spiro atoms. The summed E-state index contributed by atoms with van der Waals surface area (Å²) in [6.07, 6.45) is -2.50. The molecule has 5 atom stereocenters. The van der Waals surface area contributed by atoms with Crippen LogP contribution in [0.3, 0.4) is 0 Å². The van der Waals surface area contributed by atoms with Crippen LogP contribution in [-0.2, 0) is 14.3 Å². The number of azide groups is 1. The molecule has 22 heavy (non-hydrogen) atoms. The molecule has 2 N–H and O–H groups in total. The molecule has 0 aromatic rings. The molecular weight excluding hydrogens is 318 g/mol. The SMILES string of the molecule is CO[C@H]1N([C@H]2C[C@H](N=[N+]=[N-])[C@@H](CO)O2)C(=O)NC(=O)[C@@]1(C)Cl. The van der Waals surface area contributed by atoms with Gasteiger partial charge in [-0.2, -0.15) is 0 Å². The van der Waals surface area contributed by atoms with Gasteiger partial charge < -0.3 is 14.6 Å².